The predicted octanol–water partition coefficient (Wildman–Crippen LogP) is 3.64. The Labute approximate surface area is 124 Å². The number of phenols is 1. The maximum absolute atomic E-state index is 13.1. The van der Waals surface area contributed by atoms with Crippen molar-refractivity contribution in [3.63, 3.8) is 0 Å². The van der Waals surface area contributed by atoms with Gasteiger partial charge in [0, 0.05) is 11.1 Å². The van der Waals surface area contributed by atoms with Crippen LogP contribution in [0.15, 0.2) is 41.3 Å². The summed E-state index contributed by atoms with van der Waals surface area (Å²) >= 11 is 11.2. The van der Waals surface area contributed by atoms with E-state index in [1.54, 1.807) is 0 Å². The molecule has 0 heterocycles. The molecule has 0 spiro atoms. The second kappa shape index (κ2) is 5.47. The summed E-state index contributed by atoms with van der Waals surface area (Å²) in [4.78, 5) is -0.0539. The van der Waals surface area contributed by atoms with Crippen LogP contribution in [-0.2, 0) is 10.0 Å². The predicted molar refractivity (Wildman–Crippen MR) is 75.3 cm³/mol. The summed E-state index contributed by atoms with van der Waals surface area (Å²) in [6.07, 6.45) is 0. The topological polar surface area (TPSA) is 66.4 Å². The molecule has 106 valence electrons. The van der Waals surface area contributed by atoms with E-state index in [0.29, 0.717) is 5.02 Å². The van der Waals surface area contributed by atoms with Crippen LogP contribution in [0.25, 0.3) is 0 Å². The molecule has 0 aliphatic rings. The van der Waals surface area contributed by atoms with Gasteiger partial charge in [-0.05, 0) is 30.3 Å². The molecule has 0 aliphatic carbocycles. The molecular formula is C12H8Cl2FNO3S. The van der Waals surface area contributed by atoms with E-state index in [1.807, 2.05) is 0 Å². The van der Waals surface area contributed by atoms with E-state index in [-0.39, 0.29) is 15.6 Å². The molecule has 0 saturated heterocycles. The van der Waals surface area contributed by atoms with Gasteiger partial charge in [-0.2, -0.15) is 0 Å². The smallest absolute Gasteiger partial charge is 0.262 e. The average Bonchev–Trinajstić information content (AvgIpc) is 2.36. The van der Waals surface area contributed by atoms with Crippen molar-refractivity contribution in [2.45, 2.75) is 4.90 Å². The molecule has 2 aromatic rings. The minimum atomic E-state index is -3.93. The summed E-state index contributed by atoms with van der Waals surface area (Å²) in [6, 6.07) is 7.13. The van der Waals surface area contributed by atoms with Crippen molar-refractivity contribution in [3.05, 3.63) is 52.3 Å². The molecule has 0 fully saturated rings. The molecular weight excluding hydrogens is 328 g/mol. The van der Waals surface area contributed by atoms with Gasteiger partial charge in [0.2, 0.25) is 0 Å². The largest absolute Gasteiger partial charge is 0.506 e. The zero-order chi connectivity index (χ0) is 14.9. The lowest BCUT2D eigenvalue weighted by atomic mass is 10.3. The van der Waals surface area contributed by atoms with Crippen molar-refractivity contribution in [3.8, 4) is 5.75 Å². The third-order valence-corrected chi connectivity index (χ3v) is 4.33. The Balaban J connectivity index is 2.38. The Hall–Kier alpha value is -1.50. The summed E-state index contributed by atoms with van der Waals surface area (Å²) < 4.78 is 39.3. The molecule has 0 unspecified atom stereocenters. The number of hydrogen-bond donors (Lipinski definition) is 2. The van der Waals surface area contributed by atoms with Crippen molar-refractivity contribution in [1.29, 1.82) is 0 Å². The van der Waals surface area contributed by atoms with Gasteiger partial charge < -0.3 is 5.11 Å². The minimum Gasteiger partial charge on any atom is -0.506 e. The average molecular weight is 336 g/mol. The molecule has 8 heteroatoms. The number of aromatic hydroxyl groups is 1. The molecule has 0 radical (unpaired) electrons. The summed E-state index contributed by atoms with van der Waals surface area (Å²) in [6.45, 7) is 0. The highest BCUT2D eigenvalue weighted by atomic mass is 35.5. The third kappa shape index (κ3) is 3.15. The highest BCUT2D eigenvalue weighted by Gasteiger charge is 2.17. The Morgan fingerprint density at radius 2 is 1.70 bits per heavy atom. The second-order valence-electron chi connectivity index (χ2n) is 3.84. The lowest BCUT2D eigenvalue weighted by Crippen LogP contribution is -2.13. The zero-order valence-corrected chi connectivity index (χ0v) is 12.1. The summed E-state index contributed by atoms with van der Waals surface area (Å²) in [5, 5.41) is 9.60. The van der Waals surface area contributed by atoms with Gasteiger partial charge in [0.05, 0.1) is 15.6 Å². The summed E-state index contributed by atoms with van der Waals surface area (Å²) in [5.74, 6) is -1.41. The van der Waals surface area contributed by atoms with Crippen LogP contribution in [0.1, 0.15) is 0 Å². The SMILES string of the molecule is O=S(=O)(Nc1cc(Cl)c(F)cc1O)c1ccc(Cl)cc1. The van der Waals surface area contributed by atoms with Crippen LogP contribution < -0.4 is 4.72 Å². The standard InChI is InChI=1S/C12H8Cl2FNO3S/c13-7-1-3-8(4-2-7)20(18,19)16-11-5-9(14)10(15)6-12(11)17/h1-6,16-17H. The van der Waals surface area contributed by atoms with E-state index in [9.17, 15) is 17.9 Å². The molecule has 2 N–H and O–H groups in total. The summed E-state index contributed by atoms with van der Waals surface area (Å²) in [7, 11) is -3.93. The zero-order valence-electron chi connectivity index (χ0n) is 9.77. The van der Waals surface area contributed by atoms with Crippen molar-refractivity contribution in [2.24, 2.45) is 0 Å². The Morgan fingerprint density at radius 1 is 1.10 bits per heavy atom. The molecule has 0 atom stereocenters. The van der Waals surface area contributed by atoms with Gasteiger partial charge in [0.15, 0.2) is 0 Å². The van der Waals surface area contributed by atoms with Crippen molar-refractivity contribution < 1.29 is 17.9 Å². The quantitative estimate of drug-likeness (QED) is 0.841. The number of rotatable bonds is 3. The first-order chi connectivity index (χ1) is 9.29. The first-order valence-corrected chi connectivity index (χ1v) is 7.50. The lowest BCUT2D eigenvalue weighted by Gasteiger charge is -2.10. The van der Waals surface area contributed by atoms with Crippen LogP contribution in [0.5, 0.6) is 5.75 Å². The van der Waals surface area contributed by atoms with Crippen LogP contribution in [0, 0.1) is 5.82 Å². The molecule has 0 aromatic heterocycles. The van der Waals surface area contributed by atoms with Crippen LogP contribution in [-0.4, -0.2) is 13.5 Å². The van der Waals surface area contributed by atoms with Gasteiger partial charge in [-0.25, -0.2) is 12.8 Å². The molecule has 20 heavy (non-hydrogen) atoms. The second-order valence-corrected chi connectivity index (χ2v) is 6.37. The molecule has 2 rings (SSSR count). The number of sulfonamides is 1. The molecule has 2 aromatic carbocycles. The van der Waals surface area contributed by atoms with Crippen LogP contribution >= 0.6 is 23.2 Å². The van der Waals surface area contributed by atoms with Gasteiger partial charge in [0.25, 0.3) is 10.0 Å². The van der Waals surface area contributed by atoms with Crippen LogP contribution in [0.4, 0.5) is 10.1 Å². The number of phenolic OH excluding ortho intramolecular Hbond substituents is 1. The molecule has 0 bridgehead atoms. The molecule has 0 amide bonds. The molecule has 4 nitrogen and oxygen atoms in total. The van der Waals surface area contributed by atoms with Crippen molar-refractivity contribution in [2.75, 3.05) is 4.72 Å². The van der Waals surface area contributed by atoms with Gasteiger partial charge in [-0.3, -0.25) is 4.72 Å². The van der Waals surface area contributed by atoms with E-state index in [2.05, 4.69) is 4.72 Å². The Kier molecular flexibility index (Phi) is 4.08. The number of halogens is 3. The Morgan fingerprint density at radius 3 is 2.30 bits per heavy atom. The fourth-order valence-electron chi connectivity index (χ4n) is 1.44. The van der Waals surface area contributed by atoms with E-state index in [4.69, 9.17) is 23.2 Å². The first kappa shape index (κ1) is 14.9. The number of benzene rings is 2. The van der Waals surface area contributed by atoms with Crippen molar-refractivity contribution >= 4 is 38.9 Å². The Bertz CT molecular complexity index is 748. The fourth-order valence-corrected chi connectivity index (χ4v) is 2.79. The lowest BCUT2D eigenvalue weighted by molar-refractivity contribution is 0.471. The fraction of sp³-hybridized carbons (Fsp3) is 0. The van der Waals surface area contributed by atoms with Gasteiger partial charge in [0.1, 0.15) is 11.6 Å². The highest BCUT2D eigenvalue weighted by molar-refractivity contribution is 7.92. The van der Waals surface area contributed by atoms with Gasteiger partial charge >= 0.3 is 0 Å². The van der Waals surface area contributed by atoms with E-state index >= 15 is 0 Å². The highest BCUT2D eigenvalue weighted by Crippen LogP contribution is 2.31. The van der Waals surface area contributed by atoms with Gasteiger partial charge in [-0.15, -0.1) is 0 Å². The molecule has 0 saturated carbocycles. The number of hydrogen-bond acceptors (Lipinski definition) is 3. The maximum Gasteiger partial charge on any atom is 0.262 e. The normalized spacial score (nSPS) is 11.3. The summed E-state index contributed by atoms with van der Waals surface area (Å²) in [5.41, 5.74) is -0.216. The van der Waals surface area contributed by atoms with E-state index < -0.39 is 21.6 Å². The van der Waals surface area contributed by atoms with Crippen LogP contribution in [0.2, 0.25) is 10.0 Å². The third-order valence-electron chi connectivity index (χ3n) is 2.41. The van der Waals surface area contributed by atoms with E-state index in [1.165, 1.54) is 24.3 Å². The van der Waals surface area contributed by atoms with Gasteiger partial charge in [-0.1, -0.05) is 23.2 Å². The number of nitrogens with one attached hydrogen (secondary N) is 1. The molecule has 0 aliphatic heterocycles. The van der Waals surface area contributed by atoms with Crippen LogP contribution in [0.3, 0.4) is 0 Å². The minimum absolute atomic E-state index is 0.0539. The number of anilines is 1. The first-order valence-electron chi connectivity index (χ1n) is 5.26. The van der Waals surface area contributed by atoms with Crippen molar-refractivity contribution in [1.82, 2.24) is 0 Å². The maximum atomic E-state index is 13.1. The van der Waals surface area contributed by atoms with E-state index in [0.717, 1.165) is 12.1 Å². The monoisotopic (exact) mass is 335 g/mol.